The van der Waals surface area contributed by atoms with Gasteiger partial charge >= 0.3 is 0 Å². The van der Waals surface area contributed by atoms with Gasteiger partial charge in [0, 0.05) is 18.4 Å². The van der Waals surface area contributed by atoms with Crippen molar-refractivity contribution < 1.29 is 10.0 Å². The van der Waals surface area contributed by atoms with Crippen molar-refractivity contribution in [3.05, 3.63) is 0 Å². The number of nitrogens with two attached hydrogens (primary N) is 2. The molecule has 88 valence electrons. The zero-order chi connectivity index (χ0) is 11.9. The standard InChI is InChI=1S/C9H20N4O2/c1-9(2,6-8(11)14)12-5-3-4-7(10)13-15/h12,15H,3-6H2,1-2H3,(H2,10,13)(H2,11,14). The number of rotatable bonds is 7. The third kappa shape index (κ3) is 7.75. The van der Waals surface area contributed by atoms with Crippen molar-refractivity contribution >= 4 is 11.7 Å². The van der Waals surface area contributed by atoms with E-state index >= 15 is 0 Å². The average Bonchev–Trinajstić information content (AvgIpc) is 2.10. The van der Waals surface area contributed by atoms with E-state index in [4.69, 9.17) is 16.7 Å². The maximum Gasteiger partial charge on any atom is 0.219 e. The molecule has 0 aromatic carbocycles. The summed E-state index contributed by atoms with van der Waals surface area (Å²) in [5, 5.41) is 14.3. The number of carbonyl (C=O) groups is 1. The van der Waals surface area contributed by atoms with Gasteiger partial charge in [0.15, 0.2) is 0 Å². The second kappa shape index (κ2) is 6.23. The number of carbonyl (C=O) groups excluding carboxylic acids is 1. The van der Waals surface area contributed by atoms with Crippen LogP contribution in [0.4, 0.5) is 0 Å². The van der Waals surface area contributed by atoms with Gasteiger partial charge in [0.25, 0.3) is 0 Å². The van der Waals surface area contributed by atoms with E-state index in [1.165, 1.54) is 0 Å². The van der Waals surface area contributed by atoms with E-state index in [0.29, 0.717) is 13.0 Å². The molecule has 0 aliphatic carbocycles. The molecule has 6 nitrogen and oxygen atoms in total. The van der Waals surface area contributed by atoms with E-state index in [-0.39, 0.29) is 23.7 Å². The van der Waals surface area contributed by atoms with Crippen LogP contribution < -0.4 is 16.8 Å². The maximum absolute atomic E-state index is 10.7. The van der Waals surface area contributed by atoms with Crippen molar-refractivity contribution in [1.82, 2.24) is 5.32 Å². The summed E-state index contributed by atoms with van der Waals surface area (Å²) >= 11 is 0. The van der Waals surface area contributed by atoms with Gasteiger partial charge in [-0.05, 0) is 26.8 Å². The van der Waals surface area contributed by atoms with Crippen molar-refractivity contribution in [3.8, 4) is 0 Å². The highest BCUT2D eigenvalue weighted by Gasteiger charge is 2.18. The van der Waals surface area contributed by atoms with Crippen LogP contribution in [0.5, 0.6) is 0 Å². The van der Waals surface area contributed by atoms with E-state index in [1.54, 1.807) is 0 Å². The number of primary amides is 1. The fourth-order valence-electron chi connectivity index (χ4n) is 1.24. The highest BCUT2D eigenvalue weighted by atomic mass is 16.4. The van der Waals surface area contributed by atoms with Crippen LogP contribution in [0.15, 0.2) is 5.16 Å². The van der Waals surface area contributed by atoms with Gasteiger partial charge in [-0.3, -0.25) is 4.79 Å². The molecule has 6 N–H and O–H groups in total. The molecular weight excluding hydrogens is 196 g/mol. The number of hydrogen-bond donors (Lipinski definition) is 4. The fraction of sp³-hybridized carbons (Fsp3) is 0.778. The highest BCUT2D eigenvalue weighted by molar-refractivity contribution is 5.79. The van der Waals surface area contributed by atoms with Crippen molar-refractivity contribution in [2.45, 2.75) is 38.6 Å². The third-order valence-electron chi connectivity index (χ3n) is 1.96. The molecule has 0 bridgehead atoms. The van der Waals surface area contributed by atoms with E-state index in [2.05, 4.69) is 10.5 Å². The summed E-state index contributed by atoms with van der Waals surface area (Å²) in [6.45, 7) is 4.50. The molecular formula is C9H20N4O2. The Morgan fingerprint density at radius 1 is 1.47 bits per heavy atom. The van der Waals surface area contributed by atoms with Crippen LogP contribution in [0, 0.1) is 0 Å². The molecule has 0 atom stereocenters. The van der Waals surface area contributed by atoms with Gasteiger partial charge in [0.05, 0.1) is 0 Å². The molecule has 0 heterocycles. The minimum absolute atomic E-state index is 0.213. The van der Waals surface area contributed by atoms with Gasteiger partial charge in [-0.1, -0.05) is 5.16 Å². The summed E-state index contributed by atoms with van der Waals surface area (Å²) in [4.78, 5) is 10.7. The Kier molecular flexibility index (Phi) is 5.69. The molecule has 0 radical (unpaired) electrons. The Morgan fingerprint density at radius 3 is 2.53 bits per heavy atom. The molecule has 0 saturated carbocycles. The van der Waals surface area contributed by atoms with Crippen LogP contribution >= 0.6 is 0 Å². The second-order valence-electron chi connectivity index (χ2n) is 4.15. The zero-order valence-corrected chi connectivity index (χ0v) is 9.29. The third-order valence-corrected chi connectivity index (χ3v) is 1.96. The molecule has 0 aliphatic rings. The quantitative estimate of drug-likeness (QED) is 0.154. The minimum atomic E-state index is -0.330. The first-order valence-corrected chi connectivity index (χ1v) is 4.87. The lowest BCUT2D eigenvalue weighted by Crippen LogP contribution is -2.43. The van der Waals surface area contributed by atoms with E-state index < -0.39 is 0 Å². The molecule has 1 amide bonds. The monoisotopic (exact) mass is 216 g/mol. The number of oxime groups is 1. The van der Waals surface area contributed by atoms with Crippen LogP contribution in [-0.4, -0.2) is 29.0 Å². The zero-order valence-electron chi connectivity index (χ0n) is 9.29. The van der Waals surface area contributed by atoms with E-state index in [0.717, 1.165) is 6.42 Å². The van der Waals surface area contributed by atoms with Crippen molar-refractivity contribution in [3.63, 3.8) is 0 Å². The normalized spacial score (nSPS) is 12.8. The smallest absolute Gasteiger partial charge is 0.219 e. The largest absolute Gasteiger partial charge is 0.409 e. The molecule has 15 heavy (non-hydrogen) atoms. The SMILES string of the molecule is CC(C)(CC(N)=O)NCCCC(N)=NO. The number of hydrogen-bond acceptors (Lipinski definition) is 4. The van der Waals surface area contributed by atoms with Gasteiger partial charge in [0.1, 0.15) is 5.84 Å². The summed E-state index contributed by atoms with van der Waals surface area (Å²) in [6.07, 6.45) is 1.56. The fourth-order valence-corrected chi connectivity index (χ4v) is 1.24. The summed E-state index contributed by atoms with van der Waals surface area (Å²) < 4.78 is 0. The van der Waals surface area contributed by atoms with Gasteiger partial charge in [-0.25, -0.2) is 0 Å². The Morgan fingerprint density at radius 2 is 2.07 bits per heavy atom. The van der Waals surface area contributed by atoms with Gasteiger partial charge in [0.2, 0.25) is 5.91 Å². The van der Waals surface area contributed by atoms with Crippen LogP contribution in [0.25, 0.3) is 0 Å². The van der Waals surface area contributed by atoms with Crippen molar-refractivity contribution in [1.29, 1.82) is 0 Å². The highest BCUT2D eigenvalue weighted by Crippen LogP contribution is 2.07. The predicted octanol–water partition coefficient (Wildman–Crippen LogP) is -0.243. The Bertz CT molecular complexity index is 238. The summed E-state index contributed by atoms with van der Waals surface area (Å²) in [7, 11) is 0. The number of amidine groups is 1. The molecule has 0 fully saturated rings. The minimum Gasteiger partial charge on any atom is -0.409 e. The molecule has 0 aromatic rings. The van der Waals surface area contributed by atoms with E-state index in [9.17, 15) is 4.79 Å². The lowest BCUT2D eigenvalue weighted by atomic mass is 10.0. The molecule has 0 rings (SSSR count). The molecule has 0 spiro atoms. The lowest BCUT2D eigenvalue weighted by molar-refractivity contribution is -0.119. The second-order valence-corrected chi connectivity index (χ2v) is 4.15. The number of amides is 1. The van der Waals surface area contributed by atoms with Crippen molar-refractivity contribution in [2.24, 2.45) is 16.6 Å². The summed E-state index contributed by atoms with van der Waals surface area (Å²) in [6, 6.07) is 0. The predicted molar refractivity (Wildman–Crippen MR) is 58.5 cm³/mol. The van der Waals surface area contributed by atoms with Crippen LogP contribution in [0.3, 0.4) is 0 Å². The first-order chi connectivity index (χ1) is 6.87. The summed E-state index contributed by atoms with van der Waals surface area (Å²) in [5.74, 6) is -0.117. The van der Waals surface area contributed by atoms with Crippen molar-refractivity contribution in [2.75, 3.05) is 6.54 Å². The topological polar surface area (TPSA) is 114 Å². The van der Waals surface area contributed by atoms with E-state index in [1.807, 2.05) is 13.8 Å². The lowest BCUT2D eigenvalue weighted by Gasteiger charge is -2.24. The number of nitrogens with one attached hydrogen (secondary N) is 1. The first kappa shape index (κ1) is 13.7. The Hall–Kier alpha value is -1.30. The maximum atomic E-state index is 10.7. The Labute approximate surface area is 89.7 Å². The van der Waals surface area contributed by atoms with Crippen LogP contribution in [-0.2, 0) is 4.79 Å². The summed E-state index contributed by atoms with van der Waals surface area (Å²) in [5.41, 5.74) is 10.1. The molecule has 0 aromatic heterocycles. The average molecular weight is 216 g/mol. The van der Waals surface area contributed by atoms with Gasteiger partial charge in [-0.15, -0.1) is 0 Å². The Balaban J connectivity index is 3.70. The first-order valence-electron chi connectivity index (χ1n) is 4.87. The van der Waals surface area contributed by atoms with Gasteiger partial charge in [-0.2, -0.15) is 0 Å². The molecule has 0 saturated heterocycles. The van der Waals surface area contributed by atoms with Gasteiger partial charge < -0.3 is 22.0 Å². The van der Waals surface area contributed by atoms with Crippen LogP contribution in [0.1, 0.15) is 33.1 Å². The molecule has 0 unspecified atom stereocenters. The molecule has 0 aliphatic heterocycles. The van der Waals surface area contributed by atoms with Crippen LogP contribution in [0.2, 0.25) is 0 Å². The molecule has 6 heteroatoms. The number of nitrogens with zero attached hydrogens (tertiary/aromatic N) is 1.